The molecule has 0 heterocycles. The summed E-state index contributed by atoms with van der Waals surface area (Å²) in [4.78, 5) is 0. The molecule has 2 nitrogen and oxygen atoms in total. The third kappa shape index (κ3) is 3.16. The van der Waals surface area contributed by atoms with E-state index in [9.17, 15) is 0 Å². The molecule has 0 aromatic heterocycles. The molecule has 0 radical (unpaired) electrons. The predicted octanol–water partition coefficient (Wildman–Crippen LogP) is 5.08. The van der Waals surface area contributed by atoms with Crippen molar-refractivity contribution in [2.45, 2.75) is 31.8 Å². The van der Waals surface area contributed by atoms with Gasteiger partial charge in [0, 0.05) is 0 Å². The number of hydrogen-bond acceptors (Lipinski definition) is 2. The molecule has 1 aliphatic rings. The van der Waals surface area contributed by atoms with Crippen molar-refractivity contribution in [3.05, 3.63) is 66.2 Å². The van der Waals surface area contributed by atoms with Gasteiger partial charge < -0.3 is 9.47 Å². The monoisotopic (exact) mass is 294 g/mol. The summed E-state index contributed by atoms with van der Waals surface area (Å²) in [7, 11) is 1.68. The molecule has 1 fully saturated rings. The summed E-state index contributed by atoms with van der Waals surface area (Å²) >= 11 is 0. The van der Waals surface area contributed by atoms with Crippen LogP contribution >= 0.6 is 0 Å². The van der Waals surface area contributed by atoms with Crippen molar-refractivity contribution in [1.29, 1.82) is 0 Å². The normalized spacial score (nSPS) is 14.8. The molecule has 2 aromatic rings. The summed E-state index contributed by atoms with van der Waals surface area (Å²) < 4.78 is 11.6. The second-order valence-corrected chi connectivity index (χ2v) is 5.73. The summed E-state index contributed by atoms with van der Waals surface area (Å²) in [5.41, 5.74) is 3.19. The molecule has 3 rings (SSSR count). The fourth-order valence-electron chi connectivity index (χ4n) is 2.95. The van der Waals surface area contributed by atoms with Crippen LogP contribution in [0.2, 0.25) is 0 Å². The molecule has 0 spiro atoms. The number of hydrogen-bond donors (Lipinski definition) is 0. The molecule has 0 aliphatic heterocycles. The van der Waals surface area contributed by atoms with Gasteiger partial charge in [-0.3, -0.25) is 0 Å². The van der Waals surface area contributed by atoms with Crippen molar-refractivity contribution < 1.29 is 9.47 Å². The number of ether oxygens (including phenoxy) is 2. The van der Waals surface area contributed by atoms with Crippen LogP contribution in [0.3, 0.4) is 0 Å². The fourth-order valence-corrected chi connectivity index (χ4v) is 2.95. The SMILES string of the molecule is C=C(c1ccccc1)c1ccc(OC)c(OC2CCCC2)c1. The second-order valence-electron chi connectivity index (χ2n) is 5.73. The Kier molecular flexibility index (Phi) is 4.47. The van der Waals surface area contributed by atoms with E-state index < -0.39 is 0 Å². The Morgan fingerprint density at radius 3 is 2.36 bits per heavy atom. The van der Waals surface area contributed by atoms with E-state index in [1.54, 1.807) is 7.11 Å². The summed E-state index contributed by atoms with van der Waals surface area (Å²) in [6.07, 6.45) is 5.08. The molecule has 0 N–H and O–H groups in total. The number of rotatable bonds is 5. The molecular formula is C20H22O2. The van der Waals surface area contributed by atoms with E-state index in [1.807, 2.05) is 36.4 Å². The Hall–Kier alpha value is -2.22. The van der Waals surface area contributed by atoms with E-state index in [4.69, 9.17) is 9.47 Å². The highest BCUT2D eigenvalue weighted by atomic mass is 16.5. The molecule has 0 atom stereocenters. The van der Waals surface area contributed by atoms with E-state index in [0.29, 0.717) is 6.10 Å². The summed E-state index contributed by atoms with van der Waals surface area (Å²) in [5, 5.41) is 0. The third-order valence-electron chi connectivity index (χ3n) is 4.23. The lowest BCUT2D eigenvalue weighted by molar-refractivity contribution is 0.201. The highest BCUT2D eigenvalue weighted by Gasteiger charge is 2.19. The average Bonchev–Trinajstić information content (AvgIpc) is 3.08. The third-order valence-corrected chi connectivity index (χ3v) is 4.23. The Morgan fingerprint density at radius 1 is 0.955 bits per heavy atom. The molecule has 0 saturated heterocycles. The van der Waals surface area contributed by atoms with Crippen LogP contribution < -0.4 is 9.47 Å². The minimum absolute atomic E-state index is 0.314. The molecule has 2 aromatic carbocycles. The van der Waals surface area contributed by atoms with E-state index in [2.05, 4.69) is 18.7 Å². The zero-order valence-corrected chi connectivity index (χ0v) is 13.0. The lowest BCUT2D eigenvalue weighted by atomic mass is 9.99. The van der Waals surface area contributed by atoms with Crippen LogP contribution in [0.4, 0.5) is 0 Å². The Labute approximate surface area is 132 Å². The fraction of sp³-hybridized carbons (Fsp3) is 0.300. The van der Waals surface area contributed by atoms with E-state index in [0.717, 1.165) is 41.0 Å². The molecule has 2 heteroatoms. The lowest BCUT2D eigenvalue weighted by Crippen LogP contribution is -2.11. The number of benzene rings is 2. The summed E-state index contributed by atoms with van der Waals surface area (Å²) in [6, 6.07) is 16.3. The zero-order chi connectivity index (χ0) is 15.4. The van der Waals surface area contributed by atoms with Crippen LogP contribution in [-0.4, -0.2) is 13.2 Å². The smallest absolute Gasteiger partial charge is 0.162 e. The van der Waals surface area contributed by atoms with Gasteiger partial charge in [0.2, 0.25) is 0 Å². The van der Waals surface area contributed by atoms with E-state index in [1.165, 1.54) is 12.8 Å². The highest BCUT2D eigenvalue weighted by molar-refractivity contribution is 5.79. The van der Waals surface area contributed by atoms with Crippen LogP contribution in [0.25, 0.3) is 5.57 Å². The highest BCUT2D eigenvalue weighted by Crippen LogP contribution is 2.35. The maximum Gasteiger partial charge on any atom is 0.162 e. The van der Waals surface area contributed by atoms with Crippen LogP contribution in [0.15, 0.2) is 55.1 Å². The van der Waals surface area contributed by atoms with E-state index in [-0.39, 0.29) is 0 Å². The van der Waals surface area contributed by atoms with Crippen molar-refractivity contribution in [2.24, 2.45) is 0 Å². The Balaban J connectivity index is 1.87. The number of methoxy groups -OCH3 is 1. The molecule has 1 aliphatic carbocycles. The molecule has 114 valence electrons. The maximum absolute atomic E-state index is 6.16. The van der Waals surface area contributed by atoms with Crippen molar-refractivity contribution >= 4 is 5.57 Å². The van der Waals surface area contributed by atoms with Crippen molar-refractivity contribution in [3.8, 4) is 11.5 Å². The molecule has 22 heavy (non-hydrogen) atoms. The van der Waals surface area contributed by atoms with E-state index >= 15 is 0 Å². The lowest BCUT2D eigenvalue weighted by Gasteiger charge is -2.17. The van der Waals surface area contributed by atoms with Gasteiger partial charge in [0.05, 0.1) is 13.2 Å². The van der Waals surface area contributed by atoms with Gasteiger partial charge in [0.25, 0.3) is 0 Å². The van der Waals surface area contributed by atoms with Gasteiger partial charge in [-0.15, -0.1) is 0 Å². The second kappa shape index (κ2) is 6.69. The maximum atomic E-state index is 6.16. The van der Waals surface area contributed by atoms with Crippen molar-refractivity contribution in [1.82, 2.24) is 0 Å². The van der Waals surface area contributed by atoms with Crippen LogP contribution in [0, 0.1) is 0 Å². The summed E-state index contributed by atoms with van der Waals surface area (Å²) in [5.74, 6) is 1.61. The topological polar surface area (TPSA) is 18.5 Å². The van der Waals surface area contributed by atoms with Gasteiger partial charge in [-0.1, -0.05) is 43.0 Å². The standard InChI is InChI=1S/C20H22O2/c1-15(16-8-4-3-5-9-16)17-12-13-19(21-2)20(14-17)22-18-10-6-7-11-18/h3-5,8-9,12-14,18H,1,6-7,10-11H2,2H3. The Morgan fingerprint density at radius 2 is 1.68 bits per heavy atom. The quantitative estimate of drug-likeness (QED) is 0.765. The average molecular weight is 294 g/mol. The minimum Gasteiger partial charge on any atom is -0.493 e. The molecular weight excluding hydrogens is 272 g/mol. The van der Waals surface area contributed by atoms with Gasteiger partial charge in [-0.2, -0.15) is 0 Å². The largest absolute Gasteiger partial charge is 0.493 e. The van der Waals surface area contributed by atoms with Gasteiger partial charge >= 0.3 is 0 Å². The first-order chi connectivity index (χ1) is 10.8. The van der Waals surface area contributed by atoms with Gasteiger partial charge in [-0.05, 0) is 54.5 Å². The van der Waals surface area contributed by atoms with Gasteiger partial charge in [-0.25, -0.2) is 0 Å². The molecule has 0 bridgehead atoms. The van der Waals surface area contributed by atoms with Crippen molar-refractivity contribution in [2.75, 3.05) is 7.11 Å². The van der Waals surface area contributed by atoms with Crippen molar-refractivity contribution in [3.63, 3.8) is 0 Å². The Bertz CT molecular complexity index is 640. The summed E-state index contributed by atoms with van der Waals surface area (Å²) in [6.45, 7) is 4.23. The van der Waals surface area contributed by atoms with Crippen LogP contribution in [0.5, 0.6) is 11.5 Å². The first kappa shape index (κ1) is 14.7. The molecule has 0 amide bonds. The van der Waals surface area contributed by atoms with Gasteiger partial charge in [0.15, 0.2) is 11.5 Å². The zero-order valence-electron chi connectivity index (χ0n) is 13.0. The van der Waals surface area contributed by atoms with Crippen LogP contribution in [0.1, 0.15) is 36.8 Å². The van der Waals surface area contributed by atoms with Crippen LogP contribution in [-0.2, 0) is 0 Å². The minimum atomic E-state index is 0.314. The van der Waals surface area contributed by atoms with Gasteiger partial charge in [0.1, 0.15) is 0 Å². The molecule has 0 unspecified atom stereocenters. The first-order valence-corrected chi connectivity index (χ1v) is 7.87. The molecule has 1 saturated carbocycles. The predicted molar refractivity (Wildman–Crippen MR) is 90.5 cm³/mol. The first-order valence-electron chi connectivity index (χ1n) is 7.87.